The van der Waals surface area contributed by atoms with Crippen LogP contribution < -0.4 is 10.1 Å². The van der Waals surface area contributed by atoms with Gasteiger partial charge in [0.2, 0.25) is 5.88 Å². The topological polar surface area (TPSA) is 84.2 Å². The van der Waals surface area contributed by atoms with Gasteiger partial charge in [0.15, 0.2) is 0 Å². The summed E-state index contributed by atoms with van der Waals surface area (Å²) < 4.78 is 10.8. The Hall–Kier alpha value is -2.91. The van der Waals surface area contributed by atoms with Gasteiger partial charge in [0.1, 0.15) is 6.10 Å². The summed E-state index contributed by atoms with van der Waals surface area (Å²) in [7, 11) is 1.56. The summed E-state index contributed by atoms with van der Waals surface area (Å²) in [6, 6.07) is 12.2. The second kappa shape index (κ2) is 7.11. The molecule has 2 heterocycles. The molecule has 3 rings (SSSR count). The number of rotatable bonds is 4. The van der Waals surface area contributed by atoms with Gasteiger partial charge in [-0.2, -0.15) is 5.26 Å². The molecule has 6 nitrogen and oxygen atoms in total. The Kier molecular flexibility index (Phi) is 4.73. The van der Waals surface area contributed by atoms with Crippen molar-refractivity contribution in [1.29, 1.82) is 5.26 Å². The first-order chi connectivity index (χ1) is 11.7. The predicted octanol–water partition coefficient (Wildman–Crippen LogP) is 2.22. The van der Waals surface area contributed by atoms with Gasteiger partial charge < -0.3 is 14.8 Å². The van der Waals surface area contributed by atoms with Crippen molar-refractivity contribution in [3.63, 3.8) is 0 Å². The third kappa shape index (κ3) is 3.36. The monoisotopic (exact) mass is 323 g/mol. The van der Waals surface area contributed by atoms with Crippen LogP contribution >= 0.6 is 0 Å². The zero-order chi connectivity index (χ0) is 16.9. The molecule has 0 aliphatic carbocycles. The van der Waals surface area contributed by atoms with Crippen LogP contribution in [0.5, 0.6) is 5.88 Å². The summed E-state index contributed by atoms with van der Waals surface area (Å²) in [6.45, 7) is 0.569. The van der Waals surface area contributed by atoms with E-state index >= 15 is 0 Å². The molecule has 1 fully saturated rings. The molecule has 1 N–H and O–H groups in total. The van der Waals surface area contributed by atoms with Gasteiger partial charge >= 0.3 is 0 Å². The number of hydrogen-bond acceptors (Lipinski definition) is 5. The highest BCUT2D eigenvalue weighted by atomic mass is 16.5. The van der Waals surface area contributed by atoms with E-state index in [1.807, 2.05) is 12.1 Å². The molecule has 6 heteroatoms. The Bertz CT molecular complexity index is 768. The van der Waals surface area contributed by atoms with E-state index in [0.29, 0.717) is 23.6 Å². The molecule has 2 aromatic rings. The average Bonchev–Trinajstić information content (AvgIpc) is 3.10. The molecule has 1 aliphatic heterocycles. The minimum absolute atomic E-state index is 0.140. The van der Waals surface area contributed by atoms with Gasteiger partial charge in [-0.3, -0.25) is 4.79 Å². The Morgan fingerprint density at radius 1 is 1.42 bits per heavy atom. The molecule has 2 atom stereocenters. The lowest BCUT2D eigenvalue weighted by molar-refractivity contribution is 0.0820. The van der Waals surface area contributed by atoms with E-state index in [2.05, 4.69) is 10.3 Å². The van der Waals surface area contributed by atoms with Crippen molar-refractivity contribution >= 4 is 5.91 Å². The zero-order valence-electron chi connectivity index (χ0n) is 13.2. The van der Waals surface area contributed by atoms with E-state index in [9.17, 15) is 4.79 Å². The van der Waals surface area contributed by atoms with Crippen molar-refractivity contribution in [2.45, 2.75) is 18.6 Å². The van der Waals surface area contributed by atoms with E-state index in [4.69, 9.17) is 14.7 Å². The molecule has 0 spiro atoms. The highest BCUT2D eigenvalue weighted by Gasteiger charge is 2.31. The highest BCUT2D eigenvalue weighted by molar-refractivity contribution is 5.94. The van der Waals surface area contributed by atoms with Crippen LogP contribution in [0.1, 0.15) is 34.0 Å². The fourth-order valence-electron chi connectivity index (χ4n) is 2.73. The van der Waals surface area contributed by atoms with E-state index in [1.54, 1.807) is 43.6 Å². The molecule has 0 bridgehead atoms. The molecule has 1 aliphatic rings. The Morgan fingerprint density at radius 3 is 3.00 bits per heavy atom. The summed E-state index contributed by atoms with van der Waals surface area (Å²) in [5.41, 5.74) is 1.82. The van der Waals surface area contributed by atoms with E-state index in [1.165, 1.54) is 0 Å². The number of pyridine rings is 1. The molecule has 0 radical (unpaired) electrons. The van der Waals surface area contributed by atoms with E-state index in [0.717, 1.165) is 12.0 Å². The number of nitriles is 1. The third-order valence-corrected chi connectivity index (χ3v) is 3.96. The molecule has 122 valence electrons. The van der Waals surface area contributed by atoms with Crippen molar-refractivity contribution in [3.05, 3.63) is 59.3 Å². The smallest absolute Gasteiger partial charge is 0.251 e. The molecule has 1 saturated heterocycles. The van der Waals surface area contributed by atoms with Crippen LogP contribution in [0.25, 0.3) is 0 Å². The number of aromatic nitrogens is 1. The molecule has 1 aromatic carbocycles. The molecular formula is C18H17N3O3. The lowest BCUT2D eigenvalue weighted by Gasteiger charge is -2.20. The van der Waals surface area contributed by atoms with Gasteiger partial charge in [0.25, 0.3) is 5.91 Å². The number of carbonyl (C=O) groups is 1. The lowest BCUT2D eigenvalue weighted by Crippen LogP contribution is -2.36. The van der Waals surface area contributed by atoms with Crippen LogP contribution in [0, 0.1) is 11.3 Å². The predicted molar refractivity (Wildman–Crippen MR) is 86.5 cm³/mol. The van der Waals surface area contributed by atoms with Gasteiger partial charge in [-0.15, -0.1) is 0 Å². The van der Waals surface area contributed by atoms with Crippen molar-refractivity contribution in [2.75, 3.05) is 13.7 Å². The van der Waals surface area contributed by atoms with E-state index < -0.39 is 0 Å². The molecule has 1 aromatic heterocycles. The quantitative estimate of drug-likeness (QED) is 0.932. The molecule has 1 amide bonds. The van der Waals surface area contributed by atoms with Crippen molar-refractivity contribution in [2.24, 2.45) is 0 Å². The van der Waals surface area contributed by atoms with E-state index in [-0.39, 0.29) is 18.1 Å². The Morgan fingerprint density at radius 2 is 2.29 bits per heavy atom. The van der Waals surface area contributed by atoms with Crippen LogP contribution in [0.2, 0.25) is 0 Å². The SMILES string of the molecule is COc1ccc([C@H]2OCC[C@@H]2NC(=O)c2cccc(C#N)c2)cn1. The number of ether oxygens (including phenoxy) is 2. The van der Waals surface area contributed by atoms with Gasteiger partial charge in [-0.05, 0) is 30.7 Å². The second-order valence-corrected chi connectivity index (χ2v) is 5.49. The largest absolute Gasteiger partial charge is 0.481 e. The maximum absolute atomic E-state index is 12.4. The van der Waals surface area contributed by atoms with Crippen LogP contribution in [0.4, 0.5) is 0 Å². The van der Waals surface area contributed by atoms with Crippen LogP contribution in [0.3, 0.4) is 0 Å². The number of methoxy groups -OCH3 is 1. The maximum atomic E-state index is 12.4. The van der Waals surface area contributed by atoms with Crippen LogP contribution in [-0.2, 0) is 4.74 Å². The molecule has 0 unspecified atom stereocenters. The van der Waals surface area contributed by atoms with Gasteiger partial charge in [-0.25, -0.2) is 4.98 Å². The normalized spacial score (nSPS) is 19.5. The number of nitrogens with zero attached hydrogens (tertiary/aromatic N) is 2. The summed E-state index contributed by atoms with van der Waals surface area (Å²) in [5.74, 6) is 0.319. The van der Waals surface area contributed by atoms with Crippen molar-refractivity contribution < 1.29 is 14.3 Å². The molecule has 24 heavy (non-hydrogen) atoms. The Labute approximate surface area is 140 Å². The zero-order valence-corrected chi connectivity index (χ0v) is 13.2. The van der Waals surface area contributed by atoms with Crippen LogP contribution in [0.15, 0.2) is 42.6 Å². The first-order valence-electron chi connectivity index (χ1n) is 7.64. The van der Waals surface area contributed by atoms with Crippen molar-refractivity contribution in [3.8, 4) is 11.9 Å². The standard InChI is InChI=1S/C18H17N3O3/c1-23-16-6-5-14(11-20-16)17-15(7-8-24-17)21-18(22)13-4-2-3-12(9-13)10-19/h2-6,9,11,15,17H,7-8H2,1H3,(H,21,22)/t15-,17+/m0/s1. The van der Waals surface area contributed by atoms with Gasteiger partial charge in [0.05, 0.1) is 24.8 Å². The number of carbonyl (C=O) groups excluding carboxylic acids is 1. The summed E-state index contributed by atoms with van der Waals surface area (Å²) >= 11 is 0. The molecular weight excluding hydrogens is 306 g/mol. The fourth-order valence-corrected chi connectivity index (χ4v) is 2.73. The van der Waals surface area contributed by atoms with Gasteiger partial charge in [-0.1, -0.05) is 6.07 Å². The first kappa shape index (κ1) is 16.0. The maximum Gasteiger partial charge on any atom is 0.251 e. The number of amides is 1. The number of nitrogens with one attached hydrogen (secondary N) is 1. The minimum Gasteiger partial charge on any atom is -0.481 e. The number of hydrogen-bond donors (Lipinski definition) is 1. The first-order valence-corrected chi connectivity index (χ1v) is 7.64. The summed E-state index contributed by atoms with van der Waals surface area (Å²) in [5, 5.41) is 11.9. The summed E-state index contributed by atoms with van der Waals surface area (Å²) in [4.78, 5) is 16.6. The Balaban J connectivity index is 1.73. The fraction of sp³-hybridized carbons (Fsp3) is 0.278. The highest BCUT2D eigenvalue weighted by Crippen LogP contribution is 2.29. The lowest BCUT2D eigenvalue weighted by atomic mass is 10.0. The second-order valence-electron chi connectivity index (χ2n) is 5.49. The molecule has 0 saturated carbocycles. The van der Waals surface area contributed by atoms with Gasteiger partial charge in [0, 0.05) is 30.0 Å². The summed E-state index contributed by atoms with van der Waals surface area (Å²) in [6.07, 6.45) is 2.18. The number of benzene rings is 1. The van der Waals surface area contributed by atoms with Crippen LogP contribution in [-0.4, -0.2) is 30.6 Å². The minimum atomic E-state index is -0.244. The van der Waals surface area contributed by atoms with Crippen molar-refractivity contribution in [1.82, 2.24) is 10.3 Å². The average molecular weight is 323 g/mol. The third-order valence-electron chi connectivity index (χ3n) is 3.96.